The van der Waals surface area contributed by atoms with Crippen LogP contribution in [-0.2, 0) is 16.0 Å². The van der Waals surface area contributed by atoms with Crippen LogP contribution in [0.2, 0.25) is 0 Å². The Morgan fingerprint density at radius 1 is 0.871 bits per heavy atom. The van der Waals surface area contributed by atoms with Crippen LogP contribution in [0.3, 0.4) is 0 Å². The van der Waals surface area contributed by atoms with Crippen molar-refractivity contribution in [3.8, 4) is 0 Å². The lowest BCUT2D eigenvalue weighted by molar-refractivity contribution is -0.142. The fraction of sp³-hybridized carbons (Fsp3) is 0.692. The fourth-order valence-electron chi connectivity index (χ4n) is 5.65. The van der Waals surface area contributed by atoms with E-state index in [1.54, 1.807) is 0 Å². The summed E-state index contributed by atoms with van der Waals surface area (Å²) in [7, 11) is 0. The molecule has 0 N–H and O–H groups in total. The maximum Gasteiger partial charge on any atom is 0.240 e. The maximum atomic E-state index is 13.6. The molecule has 170 valence electrons. The highest BCUT2D eigenvalue weighted by Crippen LogP contribution is 2.32. The predicted molar refractivity (Wildman–Crippen MR) is 124 cm³/mol. The quantitative estimate of drug-likeness (QED) is 0.700. The van der Waals surface area contributed by atoms with Gasteiger partial charge in [0.25, 0.3) is 0 Å². The fourth-order valence-corrected chi connectivity index (χ4v) is 5.65. The molecule has 2 aliphatic heterocycles. The van der Waals surface area contributed by atoms with Gasteiger partial charge in [0.05, 0.1) is 6.04 Å². The molecule has 1 aliphatic carbocycles. The first-order valence-electron chi connectivity index (χ1n) is 12.5. The van der Waals surface area contributed by atoms with Gasteiger partial charge in [-0.05, 0) is 49.5 Å². The first-order valence-corrected chi connectivity index (χ1v) is 12.5. The van der Waals surface area contributed by atoms with E-state index in [9.17, 15) is 9.59 Å². The zero-order valence-electron chi connectivity index (χ0n) is 19.2. The molecule has 0 bridgehead atoms. The summed E-state index contributed by atoms with van der Waals surface area (Å²) in [5.74, 6) is 1.84. The van der Waals surface area contributed by atoms with Crippen LogP contribution in [0.5, 0.6) is 0 Å². The van der Waals surface area contributed by atoms with Gasteiger partial charge in [-0.2, -0.15) is 0 Å². The molecule has 1 saturated carbocycles. The first kappa shape index (κ1) is 22.3. The Bertz CT molecular complexity index is 715. The van der Waals surface area contributed by atoms with E-state index in [0.29, 0.717) is 18.2 Å². The van der Waals surface area contributed by atoms with E-state index >= 15 is 0 Å². The van der Waals surface area contributed by atoms with Crippen LogP contribution < -0.4 is 0 Å². The van der Waals surface area contributed by atoms with Gasteiger partial charge in [-0.25, -0.2) is 0 Å². The Balaban J connectivity index is 1.32. The lowest BCUT2D eigenvalue weighted by atomic mass is 9.92. The third kappa shape index (κ3) is 5.68. The second kappa shape index (κ2) is 10.6. The average Bonchev–Trinajstić information content (AvgIpc) is 3.33. The number of carbonyl (C=O) groups is 2. The SMILES string of the molecule is CC1CCN(C(=O)C(C2CCCC2)N2CCN(C(=O)CCc3ccccc3)CC2)CC1. The number of likely N-dealkylation sites (tertiary alicyclic amines) is 1. The minimum atomic E-state index is 0.0254. The average molecular weight is 426 g/mol. The van der Waals surface area contributed by atoms with Crippen LogP contribution >= 0.6 is 0 Å². The van der Waals surface area contributed by atoms with E-state index in [1.807, 2.05) is 23.1 Å². The number of hydrogen-bond donors (Lipinski definition) is 0. The highest BCUT2D eigenvalue weighted by molar-refractivity contribution is 5.82. The van der Waals surface area contributed by atoms with E-state index in [1.165, 1.54) is 31.2 Å². The molecule has 5 heteroatoms. The number of amides is 2. The second-order valence-electron chi connectivity index (χ2n) is 9.90. The van der Waals surface area contributed by atoms with E-state index < -0.39 is 0 Å². The molecule has 31 heavy (non-hydrogen) atoms. The lowest BCUT2D eigenvalue weighted by Gasteiger charge is -2.43. The third-order valence-electron chi connectivity index (χ3n) is 7.73. The molecule has 1 aromatic carbocycles. The molecule has 1 unspecified atom stereocenters. The van der Waals surface area contributed by atoms with E-state index in [4.69, 9.17) is 0 Å². The van der Waals surface area contributed by atoms with Crippen LogP contribution in [0.1, 0.15) is 57.4 Å². The summed E-state index contributed by atoms with van der Waals surface area (Å²) >= 11 is 0. The normalized spacial score (nSPS) is 22.6. The number of benzene rings is 1. The van der Waals surface area contributed by atoms with Crippen LogP contribution in [0.15, 0.2) is 30.3 Å². The van der Waals surface area contributed by atoms with Gasteiger partial charge in [-0.3, -0.25) is 14.5 Å². The number of piperazine rings is 1. The van der Waals surface area contributed by atoms with E-state index in [0.717, 1.165) is 64.4 Å². The molecule has 0 aromatic heterocycles. The monoisotopic (exact) mass is 425 g/mol. The lowest BCUT2D eigenvalue weighted by Crippen LogP contribution is -2.59. The van der Waals surface area contributed by atoms with Crippen LogP contribution in [0, 0.1) is 11.8 Å². The second-order valence-corrected chi connectivity index (χ2v) is 9.90. The van der Waals surface area contributed by atoms with E-state index in [-0.39, 0.29) is 11.9 Å². The third-order valence-corrected chi connectivity index (χ3v) is 7.73. The minimum Gasteiger partial charge on any atom is -0.341 e. The Hall–Kier alpha value is -1.88. The largest absolute Gasteiger partial charge is 0.341 e. The Morgan fingerprint density at radius 2 is 1.52 bits per heavy atom. The molecule has 2 amide bonds. The van der Waals surface area contributed by atoms with Gasteiger partial charge in [0, 0.05) is 45.7 Å². The van der Waals surface area contributed by atoms with Gasteiger partial charge in [0.2, 0.25) is 11.8 Å². The molecule has 1 aromatic rings. The summed E-state index contributed by atoms with van der Waals surface area (Å²) in [6.45, 7) is 7.29. The molecule has 3 aliphatic rings. The van der Waals surface area contributed by atoms with Crippen molar-refractivity contribution in [1.29, 1.82) is 0 Å². The van der Waals surface area contributed by atoms with Crippen molar-refractivity contribution >= 4 is 11.8 Å². The van der Waals surface area contributed by atoms with Crippen molar-refractivity contribution in [2.75, 3.05) is 39.3 Å². The number of hydrogen-bond acceptors (Lipinski definition) is 3. The molecule has 0 spiro atoms. The molecule has 3 fully saturated rings. The van der Waals surface area contributed by atoms with Gasteiger partial charge in [-0.1, -0.05) is 50.1 Å². The summed E-state index contributed by atoms with van der Waals surface area (Å²) in [4.78, 5) is 32.9. The molecule has 1 atom stereocenters. The van der Waals surface area contributed by atoms with Crippen LogP contribution in [-0.4, -0.2) is 71.8 Å². The van der Waals surface area contributed by atoms with Crippen molar-refractivity contribution in [1.82, 2.24) is 14.7 Å². The highest BCUT2D eigenvalue weighted by Gasteiger charge is 2.39. The summed E-state index contributed by atoms with van der Waals surface area (Å²) in [6, 6.07) is 10.3. The zero-order valence-corrected chi connectivity index (χ0v) is 19.2. The number of rotatable bonds is 6. The summed E-state index contributed by atoms with van der Waals surface area (Å²) < 4.78 is 0. The van der Waals surface area contributed by atoms with Crippen molar-refractivity contribution in [2.24, 2.45) is 11.8 Å². The standard InChI is InChI=1S/C26H39N3O2/c1-21-13-15-29(16-14-21)26(31)25(23-9-5-6-10-23)28-19-17-27(18-20-28)24(30)12-11-22-7-3-2-4-8-22/h2-4,7-8,21,23,25H,5-6,9-20H2,1H3. The molecule has 4 rings (SSSR count). The van der Waals surface area contributed by atoms with Gasteiger partial charge in [-0.15, -0.1) is 0 Å². The van der Waals surface area contributed by atoms with Crippen molar-refractivity contribution in [2.45, 2.75) is 64.3 Å². The van der Waals surface area contributed by atoms with E-state index in [2.05, 4.69) is 28.9 Å². The smallest absolute Gasteiger partial charge is 0.240 e. The van der Waals surface area contributed by atoms with Gasteiger partial charge < -0.3 is 9.80 Å². The van der Waals surface area contributed by atoms with Crippen LogP contribution in [0.4, 0.5) is 0 Å². The van der Waals surface area contributed by atoms with Crippen LogP contribution in [0.25, 0.3) is 0 Å². The summed E-state index contributed by atoms with van der Waals surface area (Å²) in [5, 5.41) is 0. The molecule has 2 heterocycles. The van der Waals surface area contributed by atoms with Crippen molar-refractivity contribution in [3.05, 3.63) is 35.9 Å². The summed E-state index contributed by atoms with van der Waals surface area (Å²) in [6.07, 6.45) is 8.50. The zero-order chi connectivity index (χ0) is 21.6. The molecule has 5 nitrogen and oxygen atoms in total. The minimum absolute atomic E-state index is 0.0254. The Labute approximate surface area is 187 Å². The van der Waals surface area contributed by atoms with Crippen molar-refractivity contribution in [3.63, 3.8) is 0 Å². The molecule has 2 saturated heterocycles. The van der Waals surface area contributed by atoms with Crippen molar-refractivity contribution < 1.29 is 9.59 Å². The topological polar surface area (TPSA) is 43.9 Å². The number of aryl methyl sites for hydroxylation is 1. The number of carbonyl (C=O) groups excluding carboxylic acids is 2. The molecular formula is C26H39N3O2. The Kier molecular flexibility index (Phi) is 7.65. The molecular weight excluding hydrogens is 386 g/mol. The molecule has 0 radical (unpaired) electrons. The van der Waals surface area contributed by atoms with Gasteiger partial charge in [0.1, 0.15) is 0 Å². The highest BCUT2D eigenvalue weighted by atomic mass is 16.2. The number of nitrogens with zero attached hydrogens (tertiary/aromatic N) is 3. The maximum absolute atomic E-state index is 13.6. The van der Waals surface area contributed by atoms with Gasteiger partial charge >= 0.3 is 0 Å². The first-order chi connectivity index (χ1) is 15.1. The predicted octanol–water partition coefficient (Wildman–Crippen LogP) is 3.58. The van der Waals surface area contributed by atoms with Gasteiger partial charge in [0.15, 0.2) is 0 Å². The number of piperidine rings is 1. The Morgan fingerprint density at radius 3 is 2.16 bits per heavy atom. The summed E-state index contributed by atoms with van der Waals surface area (Å²) in [5.41, 5.74) is 1.22.